The zero-order valence-electron chi connectivity index (χ0n) is 13.7. The third kappa shape index (κ3) is 4.55. The Hall–Kier alpha value is -2.92. The van der Waals surface area contributed by atoms with E-state index in [4.69, 9.17) is 11.6 Å². The molecule has 0 saturated heterocycles. The van der Waals surface area contributed by atoms with E-state index in [2.05, 4.69) is 39.7 Å². The zero-order chi connectivity index (χ0) is 17.6. The molecule has 2 aromatic carbocycles. The van der Waals surface area contributed by atoms with E-state index in [1.807, 2.05) is 12.1 Å². The summed E-state index contributed by atoms with van der Waals surface area (Å²) in [6.45, 7) is 2.11. The molecule has 0 aliphatic carbocycles. The van der Waals surface area contributed by atoms with E-state index < -0.39 is 0 Å². The highest BCUT2D eigenvalue weighted by molar-refractivity contribution is 6.30. The first-order chi connectivity index (χ1) is 12.1. The van der Waals surface area contributed by atoms with Crippen molar-refractivity contribution in [1.82, 2.24) is 9.97 Å². The number of hydrogen-bond acceptors (Lipinski definition) is 4. The van der Waals surface area contributed by atoms with Crippen molar-refractivity contribution in [3.63, 3.8) is 0 Å². The van der Waals surface area contributed by atoms with E-state index in [-0.39, 0.29) is 11.6 Å². The van der Waals surface area contributed by atoms with Gasteiger partial charge in [0.05, 0.1) is 12.4 Å². The summed E-state index contributed by atoms with van der Waals surface area (Å²) in [6, 6.07) is 15.0. The lowest BCUT2D eigenvalue weighted by Crippen LogP contribution is -2.14. The highest BCUT2D eigenvalue weighted by Gasteiger charge is 2.08. The van der Waals surface area contributed by atoms with Gasteiger partial charge in [-0.25, -0.2) is 9.97 Å². The molecule has 1 amide bonds. The molecule has 0 radical (unpaired) electrons. The van der Waals surface area contributed by atoms with Crippen LogP contribution in [0.15, 0.2) is 60.9 Å². The van der Waals surface area contributed by atoms with Gasteiger partial charge in [-0.1, -0.05) is 30.7 Å². The van der Waals surface area contributed by atoms with Crippen LogP contribution in [0.2, 0.25) is 5.02 Å². The Labute approximate surface area is 151 Å². The quantitative estimate of drug-likeness (QED) is 0.699. The van der Waals surface area contributed by atoms with Crippen LogP contribution in [0.25, 0.3) is 0 Å². The fourth-order valence-corrected chi connectivity index (χ4v) is 2.34. The number of carbonyl (C=O) groups excluding carboxylic acids is 1. The first-order valence-electron chi connectivity index (χ1n) is 7.89. The Bertz CT molecular complexity index is 846. The van der Waals surface area contributed by atoms with Crippen molar-refractivity contribution in [2.45, 2.75) is 13.3 Å². The molecule has 0 atom stereocenters. The Morgan fingerprint density at radius 2 is 1.64 bits per heavy atom. The summed E-state index contributed by atoms with van der Waals surface area (Å²) in [6.07, 6.45) is 3.97. The van der Waals surface area contributed by atoms with Gasteiger partial charge in [0, 0.05) is 16.4 Å². The van der Waals surface area contributed by atoms with E-state index in [0.29, 0.717) is 16.5 Å². The van der Waals surface area contributed by atoms with Crippen molar-refractivity contribution in [2.75, 3.05) is 10.6 Å². The second kappa shape index (κ2) is 7.77. The monoisotopic (exact) mass is 352 g/mol. The number of carbonyl (C=O) groups is 1. The minimum Gasteiger partial charge on any atom is -0.339 e. The zero-order valence-corrected chi connectivity index (χ0v) is 14.4. The summed E-state index contributed by atoms with van der Waals surface area (Å²) in [5.74, 6) is 0.251. The van der Waals surface area contributed by atoms with Gasteiger partial charge in [0.1, 0.15) is 11.5 Å². The summed E-state index contributed by atoms with van der Waals surface area (Å²) >= 11 is 5.82. The molecule has 126 valence electrons. The SMILES string of the molecule is CCc1ccc(Nc2cnc(C(=O)Nc3ccc(Cl)cc3)cn2)cc1. The normalized spacial score (nSPS) is 10.3. The number of aromatic nitrogens is 2. The van der Waals surface area contributed by atoms with Crippen LogP contribution in [-0.4, -0.2) is 15.9 Å². The molecule has 0 fully saturated rings. The predicted molar refractivity (Wildman–Crippen MR) is 101 cm³/mol. The fourth-order valence-electron chi connectivity index (χ4n) is 2.21. The Morgan fingerprint density at radius 3 is 2.24 bits per heavy atom. The van der Waals surface area contributed by atoms with E-state index in [9.17, 15) is 4.79 Å². The van der Waals surface area contributed by atoms with Gasteiger partial charge in [-0.3, -0.25) is 4.79 Å². The molecule has 6 heteroatoms. The van der Waals surface area contributed by atoms with Crippen molar-refractivity contribution >= 4 is 34.7 Å². The average Bonchev–Trinajstić information content (AvgIpc) is 2.65. The smallest absolute Gasteiger partial charge is 0.275 e. The number of anilines is 3. The second-order valence-electron chi connectivity index (χ2n) is 5.42. The highest BCUT2D eigenvalue weighted by atomic mass is 35.5. The molecular formula is C19H17ClN4O. The lowest BCUT2D eigenvalue weighted by Gasteiger charge is -2.07. The summed E-state index contributed by atoms with van der Waals surface area (Å²) in [5.41, 5.74) is 3.08. The van der Waals surface area contributed by atoms with Crippen LogP contribution in [0.4, 0.5) is 17.2 Å². The van der Waals surface area contributed by atoms with Crippen LogP contribution < -0.4 is 10.6 Å². The van der Waals surface area contributed by atoms with Gasteiger partial charge in [-0.15, -0.1) is 0 Å². The van der Waals surface area contributed by atoms with Crippen molar-refractivity contribution in [2.24, 2.45) is 0 Å². The van der Waals surface area contributed by atoms with Crippen LogP contribution >= 0.6 is 11.6 Å². The van der Waals surface area contributed by atoms with Crippen LogP contribution in [0.3, 0.4) is 0 Å². The highest BCUT2D eigenvalue weighted by Crippen LogP contribution is 2.16. The van der Waals surface area contributed by atoms with Crippen molar-refractivity contribution in [1.29, 1.82) is 0 Å². The molecule has 1 heterocycles. The van der Waals surface area contributed by atoms with Gasteiger partial charge in [0.2, 0.25) is 0 Å². The summed E-state index contributed by atoms with van der Waals surface area (Å²) in [5, 5.41) is 6.52. The number of nitrogens with zero attached hydrogens (tertiary/aromatic N) is 2. The number of nitrogens with one attached hydrogen (secondary N) is 2. The molecule has 3 rings (SSSR count). The third-order valence-corrected chi connectivity index (χ3v) is 3.87. The molecule has 2 N–H and O–H groups in total. The van der Waals surface area contributed by atoms with Gasteiger partial charge in [0.25, 0.3) is 5.91 Å². The summed E-state index contributed by atoms with van der Waals surface area (Å²) in [7, 11) is 0. The van der Waals surface area contributed by atoms with Crippen LogP contribution in [0.1, 0.15) is 23.0 Å². The number of hydrogen-bond donors (Lipinski definition) is 2. The number of benzene rings is 2. The van der Waals surface area contributed by atoms with Crippen LogP contribution in [0, 0.1) is 0 Å². The van der Waals surface area contributed by atoms with E-state index in [1.165, 1.54) is 18.0 Å². The molecular weight excluding hydrogens is 336 g/mol. The van der Waals surface area contributed by atoms with E-state index >= 15 is 0 Å². The van der Waals surface area contributed by atoms with Crippen molar-refractivity contribution < 1.29 is 4.79 Å². The molecule has 0 saturated carbocycles. The van der Waals surface area contributed by atoms with Gasteiger partial charge >= 0.3 is 0 Å². The maximum atomic E-state index is 12.2. The number of aryl methyl sites for hydroxylation is 1. The van der Waals surface area contributed by atoms with Crippen LogP contribution in [-0.2, 0) is 6.42 Å². The topological polar surface area (TPSA) is 66.9 Å². The number of rotatable bonds is 5. The van der Waals surface area contributed by atoms with Crippen molar-refractivity contribution in [3.05, 3.63) is 77.2 Å². The molecule has 5 nitrogen and oxygen atoms in total. The maximum Gasteiger partial charge on any atom is 0.275 e. The summed E-state index contributed by atoms with van der Waals surface area (Å²) in [4.78, 5) is 20.6. The fraction of sp³-hybridized carbons (Fsp3) is 0.105. The number of halogens is 1. The lowest BCUT2D eigenvalue weighted by atomic mass is 10.1. The molecule has 0 aliphatic heterocycles. The predicted octanol–water partition coefficient (Wildman–Crippen LogP) is 4.69. The van der Waals surface area contributed by atoms with Crippen molar-refractivity contribution in [3.8, 4) is 0 Å². The lowest BCUT2D eigenvalue weighted by molar-refractivity contribution is 0.102. The standard InChI is InChI=1S/C19H17ClN4O/c1-2-13-3-7-15(8-4-13)23-18-12-21-17(11-22-18)19(25)24-16-9-5-14(20)6-10-16/h3-12H,2H2,1H3,(H,22,23)(H,24,25). The molecule has 0 aliphatic rings. The van der Waals surface area contributed by atoms with Gasteiger partial charge < -0.3 is 10.6 Å². The molecule has 3 aromatic rings. The van der Waals surface area contributed by atoms with Gasteiger partial charge in [-0.05, 0) is 48.4 Å². The molecule has 0 spiro atoms. The minimum atomic E-state index is -0.325. The van der Waals surface area contributed by atoms with Crippen LogP contribution in [0.5, 0.6) is 0 Å². The molecule has 1 aromatic heterocycles. The second-order valence-corrected chi connectivity index (χ2v) is 5.86. The average molecular weight is 353 g/mol. The van der Waals surface area contributed by atoms with Gasteiger partial charge in [-0.2, -0.15) is 0 Å². The Balaban J connectivity index is 1.64. The van der Waals surface area contributed by atoms with E-state index in [0.717, 1.165) is 12.1 Å². The maximum absolute atomic E-state index is 12.2. The molecule has 0 bridgehead atoms. The number of amides is 1. The minimum absolute atomic E-state index is 0.238. The Morgan fingerprint density at radius 1 is 0.960 bits per heavy atom. The molecule has 0 unspecified atom stereocenters. The van der Waals surface area contributed by atoms with E-state index in [1.54, 1.807) is 24.3 Å². The summed E-state index contributed by atoms with van der Waals surface area (Å²) < 4.78 is 0. The first kappa shape index (κ1) is 16.9. The third-order valence-electron chi connectivity index (χ3n) is 3.62. The Kier molecular flexibility index (Phi) is 5.26. The molecule has 25 heavy (non-hydrogen) atoms. The van der Waals surface area contributed by atoms with Gasteiger partial charge in [0.15, 0.2) is 0 Å². The largest absolute Gasteiger partial charge is 0.339 e. The first-order valence-corrected chi connectivity index (χ1v) is 8.27.